The van der Waals surface area contributed by atoms with E-state index in [-0.39, 0.29) is 0 Å². The van der Waals surface area contributed by atoms with Crippen molar-refractivity contribution in [1.29, 1.82) is 0 Å². The lowest BCUT2D eigenvalue weighted by Gasteiger charge is -2.24. The number of aliphatic imine (C=N–C) groups is 1. The Morgan fingerprint density at radius 1 is 1.36 bits per heavy atom. The van der Waals surface area contributed by atoms with E-state index in [1.54, 1.807) is 0 Å². The van der Waals surface area contributed by atoms with Crippen molar-refractivity contribution in [1.82, 2.24) is 25.3 Å². The quantitative estimate of drug-likeness (QED) is 0.391. The van der Waals surface area contributed by atoms with Gasteiger partial charge in [0, 0.05) is 51.2 Å². The number of aromatic nitrogens is 2. The number of hydrogen-bond acceptors (Lipinski definition) is 3. The number of guanidine groups is 1. The molecule has 0 aliphatic heterocycles. The third kappa shape index (κ3) is 7.45. The molecular weight excluding hydrogens is 276 g/mol. The normalized spacial score (nSPS) is 13.4. The summed E-state index contributed by atoms with van der Waals surface area (Å²) in [5.41, 5.74) is 0. The molecule has 1 rings (SSSR count). The Kier molecular flexibility index (Phi) is 9.30. The molecule has 0 bridgehead atoms. The topological polar surface area (TPSA) is 57.5 Å². The molecule has 1 aromatic rings. The Morgan fingerprint density at radius 3 is 2.82 bits per heavy atom. The van der Waals surface area contributed by atoms with Crippen LogP contribution in [0.15, 0.2) is 23.5 Å². The average molecular weight is 308 g/mol. The SMILES string of the molecule is CCNC(=NCCCn1cccn1)NCCN(C)C(C)CC. The van der Waals surface area contributed by atoms with E-state index in [0.717, 1.165) is 45.1 Å². The van der Waals surface area contributed by atoms with Gasteiger partial charge in [0.1, 0.15) is 0 Å². The fraction of sp³-hybridized carbons (Fsp3) is 0.750. The predicted octanol–water partition coefficient (Wildman–Crippen LogP) is 1.56. The van der Waals surface area contributed by atoms with Crippen LogP contribution in [-0.2, 0) is 6.54 Å². The van der Waals surface area contributed by atoms with Crippen LogP contribution in [0, 0.1) is 0 Å². The molecule has 0 aromatic carbocycles. The fourth-order valence-electron chi connectivity index (χ4n) is 2.08. The highest BCUT2D eigenvalue weighted by atomic mass is 15.3. The van der Waals surface area contributed by atoms with Gasteiger partial charge in [-0.1, -0.05) is 6.92 Å². The van der Waals surface area contributed by atoms with Gasteiger partial charge in [-0.2, -0.15) is 5.10 Å². The van der Waals surface area contributed by atoms with E-state index >= 15 is 0 Å². The van der Waals surface area contributed by atoms with E-state index in [1.807, 2.05) is 23.1 Å². The first kappa shape index (κ1) is 18.5. The van der Waals surface area contributed by atoms with Crippen LogP contribution >= 0.6 is 0 Å². The van der Waals surface area contributed by atoms with Gasteiger partial charge in [-0.3, -0.25) is 9.67 Å². The van der Waals surface area contributed by atoms with Gasteiger partial charge >= 0.3 is 0 Å². The Bertz CT molecular complexity index is 401. The molecule has 6 nitrogen and oxygen atoms in total. The van der Waals surface area contributed by atoms with Gasteiger partial charge in [-0.05, 0) is 39.8 Å². The Labute approximate surface area is 135 Å². The van der Waals surface area contributed by atoms with Crippen LogP contribution in [0.3, 0.4) is 0 Å². The van der Waals surface area contributed by atoms with Crippen LogP contribution in [0.5, 0.6) is 0 Å². The minimum absolute atomic E-state index is 0.621. The van der Waals surface area contributed by atoms with Crippen LogP contribution in [0.2, 0.25) is 0 Å². The van der Waals surface area contributed by atoms with Gasteiger partial charge in [0.2, 0.25) is 0 Å². The largest absolute Gasteiger partial charge is 0.357 e. The molecule has 22 heavy (non-hydrogen) atoms. The minimum Gasteiger partial charge on any atom is -0.357 e. The first-order valence-electron chi connectivity index (χ1n) is 8.37. The molecule has 0 aliphatic rings. The maximum Gasteiger partial charge on any atom is 0.191 e. The summed E-state index contributed by atoms with van der Waals surface area (Å²) in [5.74, 6) is 0.903. The summed E-state index contributed by atoms with van der Waals surface area (Å²) < 4.78 is 1.94. The van der Waals surface area contributed by atoms with Crippen molar-refractivity contribution < 1.29 is 0 Å². The summed E-state index contributed by atoms with van der Waals surface area (Å²) in [6, 6.07) is 2.57. The van der Waals surface area contributed by atoms with Crippen LogP contribution < -0.4 is 10.6 Å². The molecule has 0 saturated heterocycles. The zero-order chi connectivity index (χ0) is 16.2. The monoisotopic (exact) mass is 308 g/mol. The second-order valence-corrected chi connectivity index (χ2v) is 5.55. The molecule has 6 heteroatoms. The van der Waals surface area contributed by atoms with Crippen LogP contribution in [0.1, 0.15) is 33.6 Å². The van der Waals surface area contributed by atoms with Crippen molar-refractivity contribution >= 4 is 5.96 Å². The Balaban J connectivity index is 2.26. The number of likely N-dealkylation sites (N-methyl/N-ethyl adjacent to an activating group) is 1. The number of aryl methyl sites for hydroxylation is 1. The van der Waals surface area contributed by atoms with Crippen molar-refractivity contribution in [3.63, 3.8) is 0 Å². The number of nitrogens with one attached hydrogen (secondary N) is 2. The first-order valence-corrected chi connectivity index (χ1v) is 8.37. The summed E-state index contributed by atoms with van der Waals surface area (Å²) in [6.07, 6.45) is 5.96. The lowest BCUT2D eigenvalue weighted by molar-refractivity contribution is 0.255. The van der Waals surface area contributed by atoms with Crippen LogP contribution in [-0.4, -0.2) is 59.9 Å². The molecule has 0 saturated carbocycles. The van der Waals surface area contributed by atoms with E-state index in [9.17, 15) is 0 Å². The number of hydrogen-bond donors (Lipinski definition) is 2. The van der Waals surface area contributed by atoms with Crippen LogP contribution in [0.25, 0.3) is 0 Å². The minimum atomic E-state index is 0.621. The third-order valence-corrected chi connectivity index (χ3v) is 3.82. The van der Waals surface area contributed by atoms with E-state index in [0.29, 0.717) is 6.04 Å². The number of rotatable bonds is 10. The van der Waals surface area contributed by atoms with Gasteiger partial charge in [0.15, 0.2) is 5.96 Å². The van der Waals surface area contributed by atoms with E-state index in [4.69, 9.17) is 0 Å². The average Bonchev–Trinajstić information content (AvgIpc) is 3.03. The zero-order valence-corrected chi connectivity index (χ0v) is 14.5. The lowest BCUT2D eigenvalue weighted by atomic mass is 10.2. The van der Waals surface area contributed by atoms with Crippen molar-refractivity contribution in [3.05, 3.63) is 18.5 Å². The molecule has 1 aromatic heterocycles. The van der Waals surface area contributed by atoms with E-state index in [1.165, 1.54) is 6.42 Å². The van der Waals surface area contributed by atoms with Gasteiger partial charge in [-0.15, -0.1) is 0 Å². The molecule has 1 atom stereocenters. The molecule has 0 spiro atoms. The summed E-state index contributed by atoms with van der Waals surface area (Å²) >= 11 is 0. The van der Waals surface area contributed by atoms with Crippen molar-refractivity contribution in [3.8, 4) is 0 Å². The highest BCUT2D eigenvalue weighted by Gasteiger charge is 2.06. The van der Waals surface area contributed by atoms with Gasteiger partial charge in [0.25, 0.3) is 0 Å². The van der Waals surface area contributed by atoms with E-state index in [2.05, 4.69) is 53.4 Å². The lowest BCUT2D eigenvalue weighted by Crippen LogP contribution is -2.42. The highest BCUT2D eigenvalue weighted by molar-refractivity contribution is 5.79. The van der Waals surface area contributed by atoms with E-state index < -0.39 is 0 Å². The second-order valence-electron chi connectivity index (χ2n) is 5.55. The summed E-state index contributed by atoms with van der Waals surface area (Å²) in [7, 11) is 2.17. The standard InChI is InChI=1S/C16H32N6/c1-5-15(3)21(4)14-11-19-16(17-6-2)18-9-7-12-22-13-8-10-20-22/h8,10,13,15H,5-7,9,11-12,14H2,1-4H3,(H2,17,18,19). The Hall–Kier alpha value is -1.56. The second kappa shape index (κ2) is 11.1. The molecular formula is C16H32N6. The van der Waals surface area contributed by atoms with Crippen molar-refractivity contribution in [2.24, 2.45) is 4.99 Å². The zero-order valence-electron chi connectivity index (χ0n) is 14.5. The predicted molar refractivity (Wildman–Crippen MR) is 93.2 cm³/mol. The maximum atomic E-state index is 4.61. The Morgan fingerprint density at radius 2 is 2.18 bits per heavy atom. The molecule has 2 N–H and O–H groups in total. The molecule has 0 aliphatic carbocycles. The maximum absolute atomic E-state index is 4.61. The first-order chi connectivity index (χ1) is 10.7. The van der Waals surface area contributed by atoms with Crippen molar-refractivity contribution in [2.45, 2.75) is 46.2 Å². The molecule has 0 fully saturated rings. The van der Waals surface area contributed by atoms with Gasteiger partial charge in [0.05, 0.1) is 0 Å². The molecule has 126 valence electrons. The van der Waals surface area contributed by atoms with Crippen molar-refractivity contribution in [2.75, 3.05) is 33.2 Å². The smallest absolute Gasteiger partial charge is 0.191 e. The summed E-state index contributed by atoms with van der Waals surface area (Å²) in [5, 5.41) is 10.9. The molecule has 1 heterocycles. The fourth-order valence-corrected chi connectivity index (χ4v) is 2.08. The molecule has 0 radical (unpaired) electrons. The third-order valence-electron chi connectivity index (χ3n) is 3.82. The summed E-state index contributed by atoms with van der Waals surface area (Å²) in [6.45, 7) is 11.1. The molecule has 1 unspecified atom stereocenters. The number of nitrogens with zero attached hydrogens (tertiary/aromatic N) is 4. The highest BCUT2D eigenvalue weighted by Crippen LogP contribution is 1.98. The summed E-state index contributed by atoms with van der Waals surface area (Å²) in [4.78, 5) is 6.98. The van der Waals surface area contributed by atoms with Gasteiger partial charge in [-0.25, -0.2) is 0 Å². The van der Waals surface area contributed by atoms with Crippen LogP contribution in [0.4, 0.5) is 0 Å². The van der Waals surface area contributed by atoms with Gasteiger partial charge < -0.3 is 15.5 Å². The molecule has 0 amide bonds.